The van der Waals surface area contributed by atoms with E-state index in [4.69, 9.17) is 5.73 Å². The highest BCUT2D eigenvalue weighted by Gasteiger charge is 2.24. The van der Waals surface area contributed by atoms with E-state index in [-0.39, 0.29) is 24.3 Å². The van der Waals surface area contributed by atoms with Crippen LogP contribution in [0.3, 0.4) is 0 Å². The molecule has 2 aromatic carbocycles. The number of nitrogens with one attached hydrogen (secondary N) is 1. The quantitative estimate of drug-likeness (QED) is 0.775. The summed E-state index contributed by atoms with van der Waals surface area (Å²) in [6.07, 6.45) is 1.52. The van der Waals surface area contributed by atoms with E-state index in [2.05, 4.69) is 31.3 Å². The number of nitrogens with zero attached hydrogens (tertiary/aromatic N) is 1. The fourth-order valence-corrected chi connectivity index (χ4v) is 3.51. The number of benzene rings is 2. The molecule has 0 radical (unpaired) electrons. The van der Waals surface area contributed by atoms with Crippen LogP contribution >= 0.6 is 0 Å². The molecule has 1 aliphatic heterocycles. The molecule has 2 amide bonds. The molecule has 1 heterocycles. The number of para-hydroxylation sites is 1. The van der Waals surface area contributed by atoms with Gasteiger partial charge in [-0.3, -0.25) is 9.59 Å². The van der Waals surface area contributed by atoms with Gasteiger partial charge in [-0.15, -0.1) is 0 Å². The second-order valence-electron chi connectivity index (χ2n) is 7.66. The van der Waals surface area contributed by atoms with Crippen LogP contribution in [0.2, 0.25) is 0 Å². The third kappa shape index (κ3) is 4.78. The zero-order valence-corrected chi connectivity index (χ0v) is 16.7. The van der Waals surface area contributed by atoms with Crippen LogP contribution in [0, 0.1) is 0 Å². The molecule has 3 N–H and O–H groups in total. The Hall–Kier alpha value is -2.66. The topological polar surface area (TPSA) is 75.4 Å². The van der Waals surface area contributed by atoms with Crippen molar-refractivity contribution in [3.8, 4) is 0 Å². The molecule has 5 nitrogen and oxygen atoms in total. The summed E-state index contributed by atoms with van der Waals surface area (Å²) in [5.74, 6) is 0.464. The van der Waals surface area contributed by atoms with Crippen LogP contribution in [0.5, 0.6) is 0 Å². The first-order valence-electron chi connectivity index (χ1n) is 9.96. The van der Waals surface area contributed by atoms with Gasteiger partial charge in [-0.2, -0.15) is 0 Å². The summed E-state index contributed by atoms with van der Waals surface area (Å²) in [5, 5.41) is 2.89. The zero-order chi connectivity index (χ0) is 20.1. The number of rotatable bonds is 7. The predicted octanol–water partition coefficient (Wildman–Crippen LogP) is 3.30. The first-order valence-corrected chi connectivity index (χ1v) is 9.96. The van der Waals surface area contributed by atoms with Gasteiger partial charge >= 0.3 is 0 Å². The molecule has 1 aliphatic rings. The smallest absolute Gasteiger partial charge is 0.227 e. The van der Waals surface area contributed by atoms with E-state index >= 15 is 0 Å². The number of amides is 2. The van der Waals surface area contributed by atoms with E-state index in [1.54, 1.807) is 4.90 Å². The number of hydrogen-bond acceptors (Lipinski definition) is 3. The Morgan fingerprint density at radius 1 is 1.07 bits per heavy atom. The van der Waals surface area contributed by atoms with E-state index in [0.717, 1.165) is 23.2 Å². The van der Waals surface area contributed by atoms with Crippen LogP contribution in [0.1, 0.15) is 55.3 Å². The Kier molecular flexibility index (Phi) is 6.47. The summed E-state index contributed by atoms with van der Waals surface area (Å²) in [5.41, 5.74) is 10.6. The van der Waals surface area contributed by atoms with Crippen LogP contribution in [0.4, 0.5) is 5.69 Å². The van der Waals surface area contributed by atoms with E-state index in [9.17, 15) is 9.59 Å². The van der Waals surface area contributed by atoms with Gasteiger partial charge in [0.05, 0.1) is 0 Å². The molecule has 28 heavy (non-hydrogen) atoms. The predicted molar refractivity (Wildman–Crippen MR) is 112 cm³/mol. The molecule has 148 valence electrons. The van der Waals surface area contributed by atoms with E-state index in [1.807, 2.05) is 36.4 Å². The third-order valence-electron chi connectivity index (χ3n) is 5.30. The molecule has 2 aromatic rings. The Morgan fingerprint density at radius 2 is 1.75 bits per heavy atom. The summed E-state index contributed by atoms with van der Waals surface area (Å²) in [4.78, 5) is 26.3. The third-order valence-corrected chi connectivity index (χ3v) is 5.30. The number of carbonyl (C=O) groups excluding carboxylic acids is 2. The van der Waals surface area contributed by atoms with Crippen LogP contribution in [-0.2, 0) is 16.0 Å². The molecule has 3 rings (SSSR count). The van der Waals surface area contributed by atoms with Crippen molar-refractivity contribution in [1.82, 2.24) is 5.32 Å². The second kappa shape index (κ2) is 9.02. The minimum atomic E-state index is -0.248. The van der Waals surface area contributed by atoms with Crippen molar-refractivity contribution in [3.05, 3.63) is 65.2 Å². The molecule has 0 fully saturated rings. The minimum Gasteiger partial charge on any atom is -0.354 e. The van der Waals surface area contributed by atoms with Gasteiger partial charge in [0, 0.05) is 37.7 Å². The fourth-order valence-electron chi connectivity index (χ4n) is 3.51. The minimum absolute atomic E-state index is 0.0773. The van der Waals surface area contributed by atoms with Crippen LogP contribution in [-0.4, -0.2) is 24.9 Å². The normalized spacial score (nSPS) is 14.7. The van der Waals surface area contributed by atoms with Gasteiger partial charge in [0.25, 0.3) is 0 Å². The molecule has 0 aliphatic carbocycles. The van der Waals surface area contributed by atoms with Crippen molar-refractivity contribution in [2.75, 3.05) is 18.0 Å². The van der Waals surface area contributed by atoms with Gasteiger partial charge in [0.15, 0.2) is 0 Å². The molecule has 0 spiro atoms. The highest BCUT2D eigenvalue weighted by molar-refractivity contribution is 5.96. The highest BCUT2D eigenvalue weighted by Crippen LogP contribution is 2.27. The average molecular weight is 380 g/mol. The number of aryl methyl sites for hydroxylation is 1. The van der Waals surface area contributed by atoms with E-state index in [0.29, 0.717) is 25.4 Å². The lowest BCUT2D eigenvalue weighted by Crippen LogP contribution is -2.39. The summed E-state index contributed by atoms with van der Waals surface area (Å²) < 4.78 is 0. The molecule has 0 aromatic heterocycles. The maximum absolute atomic E-state index is 12.3. The highest BCUT2D eigenvalue weighted by atomic mass is 16.2. The number of hydrogen-bond donors (Lipinski definition) is 2. The Morgan fingerprint density at radius 3 is 2.46 bits per heavy atom. The van der Waals surface area contributed by atoms with Gasteiger partial charge < -0.3 is 16.0 Å². The van der Waals surface area contributed by atoms with Crippen molar-refractivity contribution in [2.24, 2.45) is 5.73 Å². The summed E-state index contributed by atoms with van der Waals surface area (Å²) in [7, 11) is 0. The molecular weight excluding hydrogens is 350 g/mol. The largest absolute Gasteiger partial charge is 0.354 e. The van der Waals surface area contributed by atoms with Crippen LogP contribution < -0.4 is 16.0 Å². The molecule has 0 bridgehead atoms. The summed E-state index contributed by atoms with van der Waals surface area (Å²) >= 11 is 0. The monoisotopic (exact) mass is 379 g/mol. The Labute approximate surface area is 166 Å². The first-order chi connectivity index (χ1) is 13.5. The lowest BCUT2D eigenvalue weighted by molar-refractivity contribution is -0.121. The SMILES string of the molecule is CC(C)c1ccc(C(N)CNC(=O)CCN2C(=O)CCc3ccccc32)cc1. The van der Waals surface area contributed by atoms with E-state index in [1.165, 1.54) is 5.56 Å². The Bertz CT molecular complexity index is 830. The molecular formula is C23H29N3O2. The first kappa shape index (κ1) is 20.1. The lowest BCUT2D eigenvalue weighted by atomic mass is 9.99. The van der Waals surface area contributed by atoms with Crippen molar-refractivity contribution >= 4 is 17.5 Å². The fraction of sp³-hybridized carbons (Fsp3) is 0.391. The van der Waals surface area contributed by atoms with Crippen LogP contribution in [0.25, 0.3) is 0 Å². The number of carbonyl (C=O) groups is 2. The van der Waals surface area contributed by atoms with Crippen molar-refractivity contribution in [2.45, 2.75) is 45.1 Å². The summed E-state index contributed by atoms with van der Waals surface area (Å²) in [6, 6.07) is 15.9. The second-order valence-corrected chi connectivity index (χ2v) is 7.66. The van der Waals surface area contributed by atoms with Gasteiger partial charge in [0.2, 0.25) is 11.8 Å². The standard InChI is InChI=1S/C23H29N3O2/c1-16(2)17-7-9-18(10-8-17)20(24)15-25-22(27)13-14-26-21-6-4-3-5-19(21)11-12-23(26)28/h3-10,16,20H,11-15,24H2,1-2H3,(H,25,27). The number of nitrogens with two attached hydrogens (primary N) is 1. The number of fused-ring (bicyclic) bond motifs is 1. The molecule has 0 saturated carbocycles. The average Bonchev–Trinajstić information content (AvgIpc) is 2.71. The van der Waals surface area contributed by atoms with Gasteiger partial charge in [-0.25, -0.2) is 0 Å². The summed E-state index contributed by atoms with van der Waals surface area (Å²) in [6.45, 7) is 5.08. The van der Waals surface area contributed by atoms with Crippen molar-refractivity contribution in [1.29, 1.82) is 0 Å². The van der Waals surface area contributed by atoms with Crippen molar-refractivity contribution < 1.29 is 9.59 Å². The molecule has 0 saturated heterocycles. The maximum Gasteiger partial charge on any atom is 0.227 e. The number of anilines is 1. The van der Waals surface area contributed by atoms with Crippen molar-refractivity contribution in [3.63, 3.8) is 0 Å². The molecule has 1 unspecified atom stereocenters. The van der Waals surface area contributed by atoms with Crippen LogP contribution in [0.15, 0.2) is 48.5 Å². The van der Waals surface area contributed by atoms with Gasteiger partial charge in [0.1, 0.15) is 0 Å². The van der Waals surface area contributed by atoms with Gasteiger partial charge in [-0.05, 0) is 35.1 Å². The maximum atomic E-state index is 12.3. The van der Waals surface area contributed by atoms with E-state index < -0.39 is 0 Å². The zero-order valence-electron chi connectivity index (χ0n) is 16.7. The molecule has 1 atom stereocenters. The van der Waals surface area contributed by atoms with Gasteiger partial charge in [-0.1, -0.05) is 56.3 Å². The molecule has 5 heteroatoms. The lowest BCUT2D eigenvalue weighted by Gasteiger charge is -2.29. The Balaban J connectivity index is 1.50.